The van der Waals surface area contributed by atoms with Gasteiger partial charge in [-0.2, -0.15) is 5.26 Å². The van der Waals surface area contributed by atoms with Crippen molar-refractivity contribution in [3.05, 3.63) is 51.7 Å². The van der Waals surface area contributed by atoms with Gasteiger partial charge in [0.1, 0.15) is 10.9 Å². The molecule has 1 N–H and O–H groups in total. The number of rotatable bonds is 4. The van der Waals surface area contributed by atoms with E-state index in [9.17, 15) is 4.79 Å². The monoisotopic (exact) mass is 272 g/mol. The van der Waals surface area contributed by atoms with Gasteiger partial charge in [-0.1, -0.05) is 0 Å². The maximum absolute atomic E-state index is 11.3. The summed E-state index contributed by atoms with van der Waals surface area (Å²) in [6, 6.07) is 12.9. The Labute approximate surface area is 115 Å². The van der Waals surface area contributed by atoms with Crippen molar-refractivity contribution in [3.63, 3.8) is 0 Å². The molecule has 0 saturated heterocycles. The third-order valence-corrected chi connectivity index (χ3v) is 3.53. The van der Waals surface area contributed by atoms with Crippen LogP contribution in [0.15, 0.2) is 36.4 Å². The number of hydrogen-bond acceptors (Lipinski definition) is 5. The molecule has 96 valence electrons. The second-order valence-corrected chi connectivity index (χ2v) is 4.97. The molecule has 1 heterocycles. The zero-order valence-electron chi connectivity index (χ0n) is 10.3. The molecular weight excluding hydrogens is 260 g/mol. The van der Waals surface area contributed by atoms with Crippen LogP contribution < -0.4 is 5.32 Å². The van der Waals surface area contributed by atoms with Gasteiger partial charge in [0.25, 0.3) is 0 Å². The summed E-state index contributed by atoms with van der Waals surface area (Å²) < 4.78 is 4.63. The number of benzene rings is 1. The molecule has 0 spiro atoms. The Morgan fingerprint density at radius 1 is 1.32 bits per heavy atom. The van der Waals surface area contributed by atoms with Crippen LogP contribution in [-0.4, -0.2) is 13.1 Å². The zero-order valence-corrected chi connectivity index (χ0v) is 11.2. The predicted molar refractivity (Wildman–Crippen MR) is 74.1 cm³/mol. The quantitative estimate of drug-likeness (QED) is 0.869. The molecule has 4 nitrogen and oxygen atoms in total. The second kappa shape index (κ2) is 6.03. The highest BCUT2D eigenvalue weighted by molar-refractivity contribution is 7.12. The first-order chi connectivity index (χ1) is 9.22. The van der Waals surface area contributed by atoms with Crippen LogP contribution in [-0.2, 0) is 11.3 Å². The van der Waals surface area contributed by atoms with E-state index in [2.05, 4.69) is 16.1 Å². The van der Waals surface area contributed by atoms with E-state index >= 15 is 0 Å². The fourth-order valence-electron chi connectivity index (χ4n) is 1.56. The number of anilines is 1. The highest BCUT2D eigenvalue weighted by atomic mass is 32.1. The number of thiophene rings is 1. The summed E-state index contributed by atoms with van der Waals surface area (Å²) in [5, 5.41) is 12.0. The van der Waals surface area contributed by atoms with E-state index in [-0.39, 0.29) is 5.97 Å². The summed E-state index contributed by atoms with van der Waals surface area (Å²) in [6.07, 6.45) is 0. The van der Waals surface area contributed by atoms with Crippen LogP contribution in [0, 0.1) is 11.3 Å². The lowest BCUT2D eigenvalue weighted by atomic mass is 10.2. The minimum Gasteiger partial charge on any atom is -0.465 e. The Hall–Kier alpha value is -2.32. The Bertz CT molecular complexity index is 611. The summed E-state index contributed by atoms with van der Waals surface area (Å²) in [4.78, 5) is 13.1. The number of carbonyl (C=O) groups excluding carboxylic acids is 1. The summed E-state index contributed by atoms with van der Waals surface area (Å²) in [7, 11) is 1.36. The maximum atomic E-state index is 11.3. The maximum Gasteiger partial charge on any atom is 0.337 e. The van der Waals surface area contributed by atoms with Crippen molar-refractivity contribution in [2.75, 3.05) is 12.4 Å². The van der Waals surface area contributed by atoms with Gasteiger partial charge in [0, 0.05) is 17.1 Å². The lowest BCUT2D eigenvalue weighted by Gasteiger charge is -2.05. The molecule has 0 radical (unpaired) electrons. The van der Waals surface area contributed by atoms with Gasteiger partial charge in [-0.25, -0.2) is 4.79 Å². The van der Waals surface area contributed by atoms with Gasteiger partial charge in [-0.15, -0.1) is 11.3 Å². The topological polar surface area (TPSA) is 62.1 Å². The molecule has 2 rings (SSSR count). The number of hydrogen-bond donors (Lipinski definition) is 1. The van der Waals surface area contributed by atoms with Gasteiger partial charge in [-0.05, 0) is 36.4 Å². The summed E-state index contributed by atoms with van der Waals surface area (Å²) >= 11 is 1.47. The van der Waals surface area contributed by atoms with Gasteiger partial charge in [-0.3, -0.25) is 0 Å². The minimum atomic E-state index is -0.344. The zero-order chi connectivity index (χ0) is 13.7. The van der Waals surface area contributed by atoms with Gasteiger partial charge in [0.15, 0.2) is 0 Å². The molecule has 0 aliphatic heterocycles. The lowest BCUT2D eigenvalue weighted by molar-refractivity contribution is 0.0601. The Morgan fingerprint density at radius 3 is 2.63 bits per heavy atom. The van der Waals surface area contributed by atoms with Crippen LogP contribution in [0.3, 0.4) is 0 Å². The van der Waals surface area contributed by atoms with Gasteiger partial charge in [0.2, 0.25) is 0 Å². The number of methoxy groups -OCH3 is 1. The average Bonchev–Trinajstić information content (AvgIpc) is 2.93. The Kier molecular flexibility index (Phi) is 4.16. The number of esters is 1. The number of ether oxygens (including phenoxy) is 1. The minimum absolute atomic E-state index is 0.344. The van der Waals surface area contributed by atoms with E-state index in [1.807, 2.05) is 24.3 Å². The molecule has 0 aliphatic carbocycles. The highest BCUT2D eigenvalue weighted by Gasteiger charge is 2.04. The lowest BCUT2D eigenvalue weighted by Crippen LogP contribution is -2.02. The van der Waals surface area contributed by atoms with Crippen LogP contribution in [0.2, 0.25) is 0 Å². The van der Waals surface area contributed by atoms with Crippen LogP contribution in [0.4, 0.5) is 5.69 Å². The molecule has 0 bridgehead atoms. The first kappa shape index (κ1) is 13.1. The predicted octanol–water partition coefficient (Wildman–Crippen LogP) is 3.02. The first-order valence-electron chi connectivity index (χ1n) is 5.64. The van der Waals surface area contributed by atoms with Gasteiger partial charge < -0.3 is 10.1 Å². The van der Waals surface area contributed by atoms with Crippen molar-refractivity contribution in [3.8, 4) is 6.07 Å². The largest absolute Gasteiger partial charge is 0.465 e. The molecule has 1 aromatic heterocycles. The van der Waals surface area contributed by atoms with E-state index in [4.69, 9.17) is 5.26 Å². The first-order valence-corrected chi connectivity index (χ1v) is 6.45. The van der Waals surface area contributed by atoms with E-state index in [1.165, 1.54) is 18.4 Å². The molecule has 0 fully saturated rings. The van der Waals surface area contributed by atoms with Crippen molar-refractivity contribution in [2.24, 2.45) is 0 Å². The van der Waals surface area contributed by atoms with Crippen molar-refractivity contribution in [1.82, 2.24) is 0 Å². The van der Waals surface area contributed by atoms with Crippen molar-refractivity contribution in [2.45, 2.75) is 6.54 Å². The molecule has 2 aromatic rings. The molecule has 19 heavy (non-hydrogen) atoms. The van der Waals surface area contributed by atoms with Crippen LogP contribution >= 0.6 is 11.3 Å². The van der Waals surface area contributed by atoms with E-state index < -0.39 is 0 Å². The van der Waals surface area contributed by atoms with Crippen LogP contribution in [0.25, 0.3) is 0 Å². The van der Waals surface area contributed by atoms with E-state index in [0.29, 0.717) is 17.0 Å². The smallest absolute Gasteiger partial charge is 0.337 e. The molecule has 0 saturated carbocycles. The second-order valence-electron chi connectivity index (χ2n) is 3.80. The van der Waals surface area contributed by atoms with Crippen LogP contribution in [0.1, 0.15) is 20.1 Å². The Balaban J connectivity index is 1.96. The number of nitriles is 1. The van der Waals surface area contributed by atoms with E-state index in [0.717, 1.165) is 10.6 Å². The van der Waals surface area contributed by atoms with Gasteiger partial charge >= 0.3 is 5.97 Å². The third-order valence-electron chi connectivity index (χ3n) is 2.54. The standard InChI is InChI=1S/C14H12N2O2S/c1-18-14(17)10-2-4-11(5-3-10)16-9-13-7-6-12(8-15)19-13/h2-7,16H,9H2,1H3. The number of carbonyl (C=O) groups is 1. The molecule has 0 unspecified atom stereocenters. The SMILES string of the molecule is COC(=O)c1ccc(NCc2ccc(C#N)s2)cc1. The normalized spacial score (nSPS) is 9.68. The summed E-state index contributed by atoms with van der Waals surface area (Å²) in [5.74, 6) is -0.344. The fraction of sp³-hybridized carbons (Fsp3) is 0.143. The molecule has 1 aromatic carbocycles. The Morgan fingerprint density at radius 2 is 2.05 bits per heavy atom. The highest BCUT2D eigenvalue weighted by Crippen LogP contribution is 2.17. The number of nitrogens with one attached hydrogen (secondary N) is 1. The fourth-order valence-corrected chi connectivity index (χ4v) is 2.31. The number of nitrogens with zero attached hydrogens (tertiary/aromatic N) is 1. The van der Waals surface area contributed by atoms with Crippen molar-refractivity contribution < 1.29 is 9.53 Å². The molecular formula is C14H12N2O2S. The summed E-state index contributed by atoms with van der Waals surface area (Å²) in [6.45, 7) is 0.657. The van der Waals surface area contributed by atoms with E-state index in [1.54, 1.807) is 12.1 Å². The van der Waals surface area contributed by atoms with Crippen molar-refractivity contribution in [1.29, 1.82) is 5.26 Å². The molecule has 0 amide bonds. The molecule has 5 heteroatoms. The third kappa shape index (κ3) is 3.33. The molecule has 0 atom stereocenters. The molecule has 0 aliphatic rings. The van der Waals surface area contributed by atoms with Crippen LogP contribution in [0.5, 0.6) is 0 Å². The summed E-state index contributed by atoms with van der Waals surface area (Å²) in [5.41, 5.74) is 1.44. The van der Waals surface area contributed by atoms with Crippen molar-refractivity contribution >= 4 is 23.0 Å². The van der Waals surface area contributed by atoms with Gasteiger partial charge in [0.05, 0.1) is 12.7 Å². The average molecular weight is 272 g/mol.